The van der Waals surface area contributed by atoms with E-state index in [4.69, 9.17) is 28.2 Å². The van der Waals surface area contributed by atoms with Gasteiger partial charge >= 0.3 is 7.82 Å². The molecule has 12 heteroatoms. The highest BCUT2D eigenvalue weighted by Crippen LogP contribution is 2.50. The molecule has 0 atom stereocenters. The summed E-state index contributed by atoms with van der Waals surface area (Å²) in [4.78, 5) is 19.4. The first-order valence-electron chi connectivity index (χ1n) is 8.78. The summed E-state index contributed by atoms with van der Waals surface area (Å²) in [5, 5.41) is 0. The number of fused-ring (bicyclic) bond motifs is 1. The first-order chi connectivity index (χ1) is 14.8. The molecule has 2 heterocycles. The summed E-state index contributed by atoms with van der Waals surface area (Å²) in [5.74, 6) is 1.73. The second kappa shape index (κ2) is 8.27. The molecule has 1 aliphatic heterocycles. The quantitative estimate of drug-likeness (QED) is 0.497. The summed E-state index contributed by atoms with van der Waals surface area (Å²) in [6, 6.07) is 6.74. The van der Waals surface area contributed by atoms with Crippen molar-refractivity contribution in [2.75, 3.05) is 28.1 Å². The van der Waals surface area contributed by atoms with Crippen LogP contribution in [0.2, 0.25) is 0 Å². The highest BCUT2D eigenvalue weighted by atomic mass is 32.1. The molecular formula is C19H18NO9PS. The molecule has 4 rings (SSSR count). The van der Waals surface area contributed by atoms with E-state index in [2.05, 4.69) is 4.37 Å². The van der Waals surface area contributed by atoms with Crippen molar-refractivity contribution < 1.29 is 42.6 Å². The first kappa shape index (κ1) is 21.3. The van der Waals surface area contributed by atoms with Gasteiger partial charge in [0.25, 0.3) is 0 Å². The number of phosphoric ester groups is 1. The summed E-state index contributed by atoms with van der Waals surface area (Å²) in [7, 11) is -0.541. The maximum Gasteiger partial charge on any atom is 0.524 e. The lowest BCUT2D eigenvalue weighted by molar-refractivity contribution is 0.171. The molecule has 10 nitrogen and oxygen atoms in total. The molecule has 0 unspecified atom stereocenters. The molecule has 0 spiro atoms. The Morgan fingerprint density at radius 3 is 2.35 bits per heavy atom. The third kappa shape index (κ3) is 4.13. The fourth-order valence-electron chi connectivity index (χ4n) is 3.20. The van der Waals surface area contributed by atoms with Gasteiger partial charge in [-0.3, -0.25) is 9.79 Å². The minimum Gasteiger partial charge on any atom is -0.493 e. The van der Waals surface area contributed by atoms with Crippen LogP contribution < -0.4 is 28.2 Å². The number of hydrogen-bond acceptors (Lipinski definition) is 9. The molecule has 1 aliphatic rings. The zero-order valence-electron chi connectivity index (χ0n) is 16.6. The van der Waals surface area contributed by atoms with Crippen LogP contribution in [0, 0.1) is 0 Å². The third-order valence-corrected chi connectivity index (χ3v) is 5.75. The highest BCUT2D eigenvalue weighted by Gasteiger charge is 2.26. The largest absolute Gasteiger partial charge is 0.524 e. The second-order valence-corrected chi connectivity index (χ2v) is 8.24. The molecule has 0 saturated heterocycles. The zero-order chi connectivity index (χ0) is 22.2. The Balaban J connectivity index is 1.86. The van der Waals surface area contributed by atoms with Crippen LogP contribution in [0.1, 0.15) is 0 Å². The van der Waals surface area contributed by atoms with Gasteiger partial charge in [-0.15, -0.1) is 0 Å². The minimum absolute atomic E-state index is 0.0593. The fraction of sp³-hybridized carbons (Fsp3) is 0.211. The van der Waals surface area contributed by atoms with E-state index in [1.54, 1.807) is 18.3 Å². The van der Waals surface area contributed by atoms with Crippen LogP contribution in [0.15, 0.2) is 30.5 Å². The normalized spacial score (nSPS) is 12.5. The lowest BCUT2D eigenvalue weighted by atomic mass is 10.0. The van der Waals surface area contributed by atoms with E-state index >= 15 is 0 Å². The van der Waals surface area contributed by atoms with Crippen molar-refractivity contribution in [1.29, 1.82) is 0 Å². The van der Waals surface area contributed by atoms with E-state index in [-0.39, 0.29) is 24.0 Å². The fourth-order valence-corrected chi connectivity index (χ4v) is 4.34. The number of aromatic nitrogens is 1. The lowest BCUT2D eigenvalue weighted by Gasteiger charge is -2.16. The van der Waals surface area contributed by atoms with Gasteiger partial charge in [-0.25, -0.2) is 4.57 Å². The average molecular weight is 467 g/mol. The molecule has 31 heavy (non-hydrogen) atoms. The van der Waals surface area contributed by atoms with Crippen molar-refractivity contribution in [3.8, 4) is 56.1 Å². The number of nitrogens with zero attached hydrogens (tertiary/aromatic N) is 1. The molecule has 2 aromatic carbocycles. The second-order valence-electron chi connectivity index (χ2n) is 6.27. The molecular weight excluding hydrogens is 449 g/mol. The van der Waals surface area contributed by atoms with Gasteiger partial charge in [-0.1, -0.05) is 0 Å². The van der Waals surface area contributed by atoms with Crippen LogP contribution in [-0.2, 0) is 4.57 Å². The standard InChI is InChI=1S/C19H18NO9PS/c1-24-13-4-10(5-16(17(13)26-3)29-30(21,22)23)12-8-20-31-19(12)11-6-14(25-2)18-15(7-11)27-9-28-18/h4-8H,9H2,1-3H3,(H2,21,22,23). The Kier molecular flexibility index (Phi) is 5.67. The Morgan fingerprint density at radius 2 is 1.68 bits per heavy atom. The van der Waals surface area contributed by atoms with Crippen LogP contribution in [0.25, 0.3) is 21.6 Å². The van der Waals surface area contributed by atoms with E-state index in [1.165, 1.54) is 38.9 Å². The van der Waals surface area contributed by atoms with Gasteiger partial charge in [0.2, 0.25) is 18.3 Å². The molecule has 3 aromatic rings. The van der Waals surface area contributed by atoms with E-state index in [0.717, 1.165) is 10.4 Å². The van der Waals surface area contributed by atoms with Crippen LogP contribution in [-0.4, -0.2) is 42.3 Å². The predicted molar refractivity (Wildman–Crippen MR) is 111 cm³/mol. The number of hydrogen-bond donors (Lipinski definition) is 2. The Bertz CT molecular complexity index is 1170. The summed E-state index contributed by atoms with van der Waals surface area (Å²) in [5.41, 5.74) is 2.01. The van der Waals surface area contributed by atoms with Crippen molar-refractivity contribution >= 4 is 19.4 Å². The summed E-state index contributed by atoms with van der Waals surface area (Å²) < 4.78 is 47.5. The summed E-state index contributed by atoms with van der Waals surface area (Å²) >= 11 is 1.24. The van der Waals surface area contributed by atoms with E-state index in [0.29, 0.717) is 28.4 Å². The maximum absolute atomic E-state index is 11.5. The van der Waals surface area contributed by atoms with Crippen LogP contribution in [0.3, 0.4) is 0 Å². The Labute approximate surface area is 181 Å². The number of rotatable bonds is 7. The first-order valence-corrected chi connectivity index (χ1v) is 11.1. The van der Waals surface area contributed by atoms with Gasteiger partial charge < -0.3 is 28.2 Å². The van der Waals surface area contributed by atoms with Gasteiger partial charge in [0, 0.05) is 17.3 Å². The average Bonchev–Trinajstić information content (AvgIpc) is 3.40. The Morgan fingerprint density at radius 1 is 0.968 bits per heavy atom. The summed E-state index contributed by atoms with van der Waals surface area (Å²) in [6.07, 6.45) is 1.64. The van der Waals surface area contributed by atoms with Crippen LogP contribution in [0.4, 0.5) is 0 Å². The third-order valence-electron chi connectivity index (χ3n) is 4.46. The van der Waals surface area contributed by atoms with Crippen molar-refractivity contribution in [2.45, 2.75) is 0 Å². The van der Waals surface area contributed by atoms with Crippen molar-refractivity contribution in [2.24, 2.45) is 0 Å². The van der Waals surface area contributed by atoms with Crippen LogP contribution in [0.5, 0.6) is 34.5 Å². The number of benzene rings is 2. The zero-order valence-corrected chi connectivity index (χ0v) is 18.4. The van der Waals surface area contributed by atoms with Crippen molar-refractivity contribution in [1.82, 2.24) is 4.37 Å². The van der Waals surface area contributed by atoms with Crippen LogP contribution >= 0.6 is 19.4 Å². The van der Waals surface area contributed by atoms with Gasteiger partial charge in [0.15, 0.2) is 23.0 Å². The number of phosphoric acid groups is 1. The summed E-state index contributed by atoms with van der Waals surface area (Å²) in [6.45, 7) is 0.101. The monoisotopic (exact) mass is 467 g/mol. The maximum atomic E-state index is 11.5. The highest BCUT2D eigenvalue weighted by molar-refractivity contribution is 7.46. The predicted octanol–water partition coefficient (Wildman–Crippen LogP) is 3.70. The Hall–Kier alpha value is -2.98. The molecule has 1 aromatic heterocycles. The molecule has 164 valence electrons. The van der Waals surface area contributed by atoms with E-state index in [9.17, 15) is 14.4 Å². The molecule has 0 bridgehead atoms. The van der Waals surface area contributed by atoms with Gasteiger partial charge in [0.05, 0.1) is 26.2 Å². The number of ether oxygens (including phenoxy) is 5. The number of methoxy groups -OCH3 is 3. The molecule has 0 amide bonds. The van der Waals surface area contributed by atoms with Crippen molar-refractivity contribution in [3.63, 3.8) is 0 Å². The van der Waals surface area contributed by atoms with E-state index in [1.807, 2.05) is 6.07 Å². The molecule has 0 saturated carbocycles. The SMILES string of the molecule is COc1cc(-c2cnsc2-c2cc(OC)c3c(c2)OCO3)cc(OP(=O)(O)O)c1OC. The minimum atomic E-state index is -4.84. The molecule has 0 fully saturated rings. The topological polar surface area (TPSA) is 126 Å². The smallest absolute Gasteiger partial charge is 0.493 e. The van der Waals surface area contributed by atoms with Crippen molar-refractivity contribution in [3.05, 3.63) is 30.5 Å². The van der Waals surface area contributed by atoms with E-state index < -0.39 is 7.82 Å². The molecule has 2 N–H and O–H groups in total. The van der Waals surface area contributed by atoms with Gasteiger partial charge in [0.1, 0.15) is 0 Å². The lowest BCUT2D eigenvalue weighted by Crippen LogP contribution is -1.98. The molecule has 0 radical (unpaired) electrons. The van der Waals surface area contributed by atoms with Gasteiger partial charge in [-0.05, 0) is 41.4 Å². The van der Waals surface area contributed by atoms with Gasteiger partial charge in [-0.2, -0.15) is 4.37 Å². The molecule has 0 aliphatic carbocycles.